The van der Waals surface area contributed by atoms with E-state index in [1.807, 2.05) is 11.2 Å². The van der Waals surface area contributed by atoms with Gasteiger partial charge in [-0.2, -0.15) is 11.8 Å². The van der Waals surface area contributed by atoms with Gasteiger partial charge in [-0.15, -0.1) is 0 Å². The number of Topliss-reactive ketones (excluding diaryl/α,β-unsaturated/α-hetero) is 1. The Bertz CT molecular complexity index is 319. The third kappa shape index (κ3) is 3.08. The van der Waals surface area contributed by atoms with E-state index >= 15 is 0 Å². The molecule has 0 aromatic carbocycles. The fourth-order valence-electron chi connectivity index (χ4n) is 3.31. The highest BCUT2D eigenvalue weighted by molar-refractivity contribution is 7.99. The summed E-state index contributed by atoms with van der Waals surface area (Å²) in [5.41, 5.74) is 0. The molecule has 0 spiro atoms. The summed E-state index contributed by atoms with van der Waals surface area (Å²) >= 11 is 1.58. The lowest BCUT2D eigenvalue weighted by Gasteiger charge is -2.41. The highest BCUT2D eigenvalue weighted by Gasteiger charge is 2.37. The van der Waals surface area contributed by atoms with E-state index in [1.165, 1.54) is 0 Å². The fraction of sp³-hybridized carbons (Fsp3) is 0.857. The highest BCUT2D eigenvalue weighted by atomic mass is 32.2. The Hall–Kier alpha value is -0.510. The third-order valence-corrected chi connectivity index (χ3v) is 4.74. The number of rotatable bonds is 3. The lowest BCUT2D eigenvalue weighted by atomic mass is 9.79. The van der Waals surface area contributed by atoms with Crippen LogP contribution in [0, 0.1) is 5.92 Å². The molecule has 4 heteroatoms. The molecular weight excluding hydrogens is 246 g/mol. The van der Waals surface area contributed by atoms with Crippen LogP contribution in [0.5, 0.6) is 0 Å². The van der Waals surface area contributed by atoms with Crippen molar-refractivity contribution in [3.8, 4) is 0 Å². The molecule has 0 radical (unpaired) electrons. The van der Waals surface area contributed by atoms with Crippen molar-refractivity contribution in [3.05, 3.63) is 0 Å². The maximum atomic E-state index is 12.2. The van der Waals surface area contributed by atoms with Crippen LogP contribution >= 0.6 is 11.8 Å². The number of hydrogen-bond acceptors (Lipinski definition) is 3. The Labute approximate surface area is 114 Å². The lowest BCUT2D eigenvalue weighted by molar-refractivity contribution is -0.137. The predicted octanol–water partition coefficient (Wildman–Crippen LogP) is 2.49. The van der Waals surface area contributed by atoms with Crippen LogP contribution in [0.15, 0.2) is 0 Å². The summed E-state index contributed by atoms with van der Waals surface area (Å²) in [7, 11) is 0. The largest absolute Gasteiger partial charge is 0.338 e. The molecule has 0 N–H and O–H groups in total. The molecule has 1 saturated heterocycles. The van der Waals surface area contributed by atoms with E-state index in [4.69, 9.17) is 0 Å². The second-order valence-corrected chi connectivity index (χ2v) is 6.27. The number of nitrogens with zero attached hydrogens (tertiary/aromatic N) is 1. The number of carbonyl (C=O) groups is 2. The number of piperidine rings is 1. The molecule has 2 fully saturated rings. The average Bonchev–Trinajstić information content (AvgIpc) is 2.40. The Morgan fingerprint density at radius 1 is 1.28 bits per heavy atom. The molecular formula is C14H23NO2S. The summed E-state index contributed by atoms with van der Waals surface area (Å²) in [5.74, 6) is 1.31. The van der Waals surface area contributed by atoms with Crippen LogP contribution in [0.25, 0.3) is 0 Å². The van der Waals surface area contributed by atoms with E-state index in [0.717, 1.165) is 51.5 Å². The first-order valence-corrected chi connectivity index (χ1v) is 8.44. The van der Waals surface area contributed by atoms with Crippen LogP contribution in [-0.2, 0) is 9.59 Å². The molecule has 18 heavy (non-hydrogen) atoms. The van der Waals surface area contributed by atoms with Crippen molar-refractivity contribution in [1.29, 1.82) is 0 Å². The van der Waals surface area contributed by atoms with Gasteiger partial charge in [0.2, 0.25) is 5.91 Å². The Morgan fingerprint density at radius 2 is 2.06 bits per heavy atom. The Balaban J connectivity index is 2.06. The number of amides is 1. The molecule has 1 amide bonds. The summed E-state index contributed by atoms with van der Waals surface area (Å²) in [5, 5.41) is 0. The maximum absolute atomic E-state index is 12.2. The standard InChI is InChI=1S/C14H23NO2S/c1-18-10-14(17)15-9-5-4-7-12(15)11-6-2-3-8-13(11)16/h11-12H,2-10H2,1H3. The van der Waals surface area contributed by atoms with Gasteiger partial charge in [-0.3, -0.25) is 9.59 Å². The van der Waals surface area contributed by atoms with Gasteiger partial charge < -0.3 is 4.90 Å². The van der Waals surface area contributed by atoms with Crippen molar-refractivity contribution in [2.45, 2.75) is 51.0 Å². The molecule has 1 saturated carbocycles. The van der Waals surface area contributed by atoms with E-state index in [-0.39, 0.29) is 17.9 Å². The number of carbonyl (C=O) groups excluding carboxylic acids is 2. The minimum atomic E-state index is 0.129. The van der Waals surface area contributed by atoms with E-state index in [0.29, 0.717) is 11.5 Å². The minimum absolute atomic E-state index is 0.129. The van der Waals surface area contributed by atoms with Crippen LogP contribution in [0.1, 0.15) is 44.9 Å². The average molecular weight is 269 g/mol. The number of likely N-dealkylation sites (tertiary alicyclic amines) is 1. The summed E-state index contributed by atoms with van der Waals surface area (Å²) in [6, 6.07) is 0.200. The van der Waals surface area contributed by atoms with E-state index in [1.54, 1.807) is 11.8 Å². The van der Waals surface area contributed by atoms with Crippen LogP contribution < -0.4 is 0 Å². The summed E-state index contributed by atoms with van der Waals surface area (Å²) in [6.07, 6.45) is 9.16. The van der Waals surface area contributed by atoms with Gasteiger partial charge in [0, 0.05) is 24.9 Å². The van der Waals surface area contributed by atoms with Crippen LogP contribution in [0.3, 0.4) is 0 Å². The number of hydrogen-bond donors (Lipinski definition) is 0. The molecule has 0 aromatic rings. The van der Waals surface area contributed by atoms with Crippen molar-refractivity contribution in [1.82, 2.24) is 4.90 Å². The van der Waals surface area contributed by atoms with Crippen LogP contribution in [0.2, 0.25) is 0 Å². The van der Waals surface area contributed by atoms with Gasteiger partial charge in [0.15, 0.2) is 0 Å². The number of ketones is 1. The molecule has 1 aliphatic carbocycles. The van der Waals surface area contributed by atoms with Crippen molar-refractivity contribution in [2.75, 3.05) is 18.6 Å². The van der Waals surface area contributed by atoms with Crippen LogP contribution in [-0.4, -0.2) is 41.2 Å². The molecule has 2 rings (SSSR count). The van der Waals surface area contributed by atoms with Gasteiger partial charge >= 0.3 is 0 Å². The second-order valence-electron chi connectivity index (χ2n) is 5.40. The van der Waals surface area contributed by atoms with Crippen molar-refractivity contribution >= 4 is 23.5 Å². The zero-order valence-electron chi connectivity index (χ0n) is 11.2. The van der Waals surface area contributed by atoms with Crippen LogP contribution in [0.4, 0.5) is 0 Å². The molecule has 2 atom stereocenters. The molecule has 1 heterocycles. The molecule has 2 unspecified atom stereocenters. The fourth-order valence-corrected chi connectivity index (χ4v) is 3.72. The lowest BCUT2D eigenvalue weighted by Crippen LogP contribution is -2.50. The topological polar surface area (TPSA) is 37.4 Å². The molecule has 0 bridgehead atoms. The molecule has 102 valence electrons. The van der Waals surface area contributed by atoms with E-state index in [9.17, 15) is 9.59 Å². The van der Waals surface area contributed by atoms with E-state index in [2.05, 4.69) is 0 Å². The van der Waals surface area contributed by atoms with Gasteiger partial charge in [0.05, 0.1) is 5.75 Å². The monoisotopic (exact) mass is 269 g/mol. The van der Waals surface area contributed by atoms with Gasteiger partial charge in [-0.05, 0) is 38.4 Å². The summed E-state index contributed by atoms with van der Waals surface area (Å²) in [4.78, 5) is 26.2. The first kappa shape index (κ1) is 13.9. The van der Waals surface area contributed by atoms with Gasteiger partial charge in [-0.25, -0.2) is 0 Å². The summed E-state index contributed by atoms with van der Waals surface area (Å²) in [6.45, 7) is 0.855. The smallest absolute Gasteiger partial charge is 0.232 e. The molecule has 1 aliphatic heterocycles. The quantitative estimate of drug-likeness (QED) is 0.790. The Morgan fingerprint density at radius 3 is 2.78 bits per heavy atom. The molecule has 2 aliphatic rings. The zero-order chi connectivity index (χ0) is 13.0. The zero-order valence-corrected chi connectivity index (χ0v) is 12.0. The van der Waals surface area contributed by atoms with Crippen molar-refractivity contribution in [3.63, 3.8) is 0 Å². The second kappa shape index (κ2) is 6.60. The van der Waals surface area contributed by atoms with Crippen molar-refractivity contribution < 1.29 is 9.59 Å². The van der Waals surface area contributed by atoms with Crippen molar-refractivity contribution in [2.24, 2.45) is 5.92 Å². The maximum Gasteiger partial charge on any atom is 0.232 e. The van der Waals surface area contributed by atoms with E-state index < -0.39 is 0 Å². The normalized spacial score (nSPS) is 29.4. The Kier molecular flexibility index (Phi) is 5.10. The van der Waals surface area contributed by atoms with Gasteiger partial charge in [0.1, 0.15) is 5.78 Å². The van der Waals surface area contributed by atoms with Gasteiger partial charge in [-0.1, -0.05) is 6.42 Å². The number of thioether (sulfide) groups is 1. The molecule has 0 aromatic heterocycles. The summed E-state index contributed by atoms with van der Waals surface area (Å²) < 4.78 is 0. The first-order chi connectivity index (χ1) is 8.74. The first-order valence-electron chi connectivity index (χ1n) is 7.05. The predicted molar refractivity (Wildman–Crippen MR) is 74.7 cm³/mol. The SMILES string of the molecule is CSCC(=O)N1CCCCC1C1CCCCC1=O. The minimum Gasteiger partial charge on any atom is -0.338 e. The third-order valence-electron chi connectivity index (χ3n) is 4.20. The molecule has 3 nitrogen and oxygen atoms in total. The van der Waals surface area contributed by atoms with Gasteiger partial charge in [0.25, 0.3) is 0 Å². The highest BCUT2D eigenvalue weighted by Crippen LogP contribution is 2.32.